The molecule has 0 bridgehead atoms. The van der Waals surface area contributed by atoms with Gasteiger partial charge >= 0.3 is 6.11 Å². The van der Waals surface area contributed by atoms with E-state index in [1.54, 1.807) is 0 Å². The van der Waals surface area contributed by atoms with Crippen molar-refractivity contribution in [3.8, 4) is 0 Å². The molecule has 4 nitrogen and oxygen atoms in total. The molecular formula is C8H8F2N2O2. The first kappa shape index (κ1) is 10.5. The van der Waals surface area contributed by atoms with Gasteiger partial charge in [0.15, 0.2) is 0 Å². The molecule has 1 aromatic rings. The Labute approximate surface area is 78.7 Å². The molecule has 0 fully saturated rings. The summed E-state index contributed by atoms with van der Waals surface area (Å²) in [5.74, 6) is -0.766. The third kappa shape index (κ3) is 2.02. The van der Waals surface area contributed by atoms with Gasteiger partial charge in [0.2, 0.25) is 0 Å². The van der Waals surface area contributed by atoms with Gasteiger partial charge < -0.3 is 10.5 Å². The number of rotatable bonds is 3. The Bertz CT molecular complexity index is 338. The molecule has 0 aliphatic heterocycles. The lowest BCUT2D eigenvalue weighted by molar-refractivity contribution is -0.231. The monoisotopic (exact) mass is 202 g/mol. The lowest BCUT2D eigenvalue weighted by Crippen LogP contribution is -2.18. The number of aromatic nitrogens is 1. The number of amides is 1. The van der Waals surface area contributed by atoms with Crippen molar-refractivity contribution >= 4 is 5.91 Å². The van der Waals surface area contributed by atoms with Crippen LogP contribution in [0.5, 0.6) is 0 Å². The molecule has 0 aromatic carbocycles. The van der Waals surface area contributed by atoms with Crippen LogP contribution in [0, 0.1) is 0 Å². The maximum Gasteiger partial charge on any atom is 0.384 e. The van der Waals surface area contributed by atoms with Crippen molar-refractivity contribution in [1.82, 2.24) is 4.98 Å². The summed E-state index contributed by atoms with van der Waals surface area (Å²) in [6, 6.07) is 2.15. The van der Waals surface area contributed by atoms with Crippen molar-refractivity contribution in [2.45, 2.75) is 6.11 Å². The third-order valence-corrected chi connectivity index (χ3v) is 1.61. The summed E-state index contributed by atoms with van der Waals surface area (Å²) in [6.07, 6.45) is -2.55. The van der Waals surface area contributed by atoms with Gasteiger partial charge in [-0.05, 0) is 12.1 Å². The summed E-state index contributed by atoms with van der Waals surface area (Å²) < 4.78 is 29.6. The van der Waals surface area contributed by atoms with Crippen LogP contribution >= 0.6 is 0 Å². The Morgan fingerprint density at radius 3 is 2.57 bits per heavy atom. The van der Waals surface area contributed by atoms with Crippen molar-refractivity contribution in [3.05, 3.63) is 29.6 Å². The average Bonchev–Trinajstić information content (AvgIpc) is 2.18. The van der Waals surface area contributed by atoms with Gasteiger partial charge in [0.25, 0.3) is 5.91 Å². The summed E-state index contributed by atoms with van der Waals surface area (Å²) in [5, 5.41) is 0. The molecule has 0 atom stereocenters. The maximum atomic E-state index is 12.8. The second kappa shape index (κ2) is 3.67. The zero-order valence-corrected chi connectivity index (χ0v) is 7.33. The zero-order chi connectivity index (χ0) is 10.8. The largest absolute Gasteiger partial charge is 0.384 e. The van der Waals surface area contributed by atoms with Crippen molar-refractivity contribution < 1.29 is 18.3 Å². The van der Waals surface area contributed by atoms with E-state index < -0.39 is 17.6 Å². The first-order chi connectivity index (χ1) is 6.47. The molecule has 0 aliphatic rings. The minimum atomic E-state index is -3.40. The molecule has 0 unspecified atom stereocenters. The quantitative estimate of drug-likeness (QED) is 0.791. The Kier molecular flexibility index (Phi) is 2.76. The number of pyridine rings is 1. The fourth-order valence-electron chi connectivity index (χ4n) is 0.830. The molecule has 0 spiro atoms. The molecule has 0 saturated heterocycles. The number of alkyl halides is 2. The normalized spacial score (nSPS) is 11.4. The number of nitrogens with zero attached hydrogens (tertiary/aromatic N) is 1. The van der Waals surface area contributed by atoms with Gasteiger partial charge in [0, 0.05) is 13.3 Å². The second-order valence-corrected chi connectivity index (χ2v) is 2.52. The fourth-order valence-corrected chi connectivity index (χ4v) is 0.830. The lowest BCUT2D eigenvalue weighted by atomic mass is 10.2. The number of carbonyl (C=O) groups excluding carboxylic acids is 1. The third-order valence-electron chi connectivity index (χ3n) is 1.61. The molecule has 1 heterocycles. The van der Waals surface area contributed by atoms with E-state index in [-0.39, 0.29) is 5.69 Å². The van der Waals surface area contributed by atoms with Gasteiger partial charge in [-0.15, -0.1) is 0 Å². The molecule has 14 heavy (non-hydrogen) atoms. The Hall–Kier alpha value is -1.56. The minimum Gasteiger partial charge on any atom is -0.364 e. The fraction of sp³-hybridized carbons (Fsp3) is 0.250. The van der Waals surface area contributed by atoms with E-state index in [4.69, 9.17) is 5.73 Å². The molecule has 0 radical (unpaired) electrons. The number of carbonyl (C=O) groups is 1. The predicted molar refractivity (Wildman–Crippen MR) is 43.7 cm³/mol. The Balaban J connectivity index is 2.99. The molecule has 6 heteroatoms. The summed E-state index contributed by atoms with van der Waals surface area (Å²) in [6.45, 7) is 0. The number of ether oxygens (including phenoxy) is 1. The number of nitrogens with two attached hydrogens (primary N) is 1. The molecule has 1 amide bonds. The smallest absolute Gasteiger partial charge is 0.364 e. The first-order valence-corrected chi connectivity index (χ1v) is 3.66. The van der Waals surface area contributed by atoms with E-state index in [1.165, 1.54) is 0 Å². The van der Waals surface area contributed by atoms with Crippen LogP contribution in [-0.4, -0.2) is 18.0 Å². The van der Waals surface area contributed by atoms with E-state index in [0.717, 1.165) is 25.4 Å². The number of methoxy groups -OCH3 is 1. The van der Waals surface area contributed by atoms with Crippen LogP contribution in [-0.2, 0) is 10.8 Å². The van der Waals surface area contributed by atoms with Gasteiger partial charge in [-0.1, -0.05) is 0 Å². The van der Waals surface area contributed by atoms with Crippen molar-refractivity contribution in [2.24, 2.45) is 5.73 Å². The van der Waals surface area contributed by atoms with E-state index in [0.29, 0.717) is 0 Å². The van der Waals surface area contributed by atoms with Crippen molar-refractivity contribution in [2.75, 3.05) is 7.11 Å². The van der Waals surface area contributed by atoms with Crippen LogP contribution in [0.1, 0.15) is 16.1 Å². The maximum absolute atomic E-state index is 12.8. The SMILES string of the molecule is COC(F)(F)c1ccc(C(N)=O)nc1. The van der Waals surface area contributed by atoms with Crippen LogP contribution in [0.15, 0.2) is 18.3 Å². The molecule has 1 aromatic heterocycles. The second-order valence-electron chi connectivity index (χ2n) is 2.52. The predicted octanol–water partition coefficient (Wildman–Crippen LogP) is 0.876. The summed E-state index contributed by atoms with van der Waals surface area (Å²) in [4.78, 5) is 14.0. The van der Waals surface area contributed by atoms with Crippen LogP contribution in [0.2, 0.25) is 0 Å². The molecule has 0 saturated carbocycles. The molecular weight excluding hydrogens is 194 g/mol. The molecule has 1 rings (SSSR count). The van der Waals surface area contributed by atoms with Crippen molar-refractivity contribution in [1.29, 1.82) is 0 Å². The van der Waals surface area contributed by atoms with Gasteiger partial charge in [0.1, 0.15) is 5.69 Å². The summed E-state index contributed by atoms with van der Waals surface area (Å²) in [5.41, 5.74) is 4.39. The van der Waals surface area contributed by atoms with Gasteiger partial charge in [-0.3, -0.25) is 9.78 Å². The topological polar surface area (TPSA) is 65.2 Å². The number of primary amides is 1. The van der Waals surface area contributed by atoms with Gasteiger partial charge in [0.05, 0.1) is 5.56 Å². The Morgan fingerprint density at radius 1 is 1.57 bits per heavy atom. The van der Waals surface area contributed by atoms with E-state index in [1.807, 2.05) is 0 Å². The highest BCUT2D eigenvalue weighted by atomic mass is 19.3. The highest BCUT2D eigenvalue weighted by Gasteiger charge is 2.31. The summed E-state index contributed by atoms with van der Waals surface area (Å²) in [7, 11) is 0.877. The first-order valence-electron chi connectivity index (χ1n) is 3.66. The number of hydrogen-bond acceptors (Lipinski definition) is 3. The van der Waals surface area contributed by atoms with Gasteiger partial charge in [-0.2, -0.15) is 8.78 Å². The van der Waals surface area contributed by atoms with Crippen LogP contribution in [0.4, 0.5) is 8.78 Å². The average molecular weight is 202 g/mol. The number of hydrogen-bond donors (Lipinski definition) is 1. The van der Waals surface area contributed by atoms with Crippen LogP contribution in [0.3, 0.4) is 0 Å². The molecule has 2 N–H and O–H groups in total. The highest BCUT2D eigenvalue weighted by molar-refractivity contribution is 5.90. The highest BCUT2D eigenvalue weighted by Crippen LogP contribution is 2.27. The van der Waals surface area contributed by atoms with Crippen molar-refractivity contribution in [3.63, 3.8) is 0 Å². The zero-order valence-electron chi connectivity index (χ0n) is 7.33. The minimum absolute atomic E-state index is 0.0688. The van der Waals surface area contributed by atoms with Crippen LogP contribution in [0.25, 0.3) is 0 Å². The Morgan fingerprint density at radius 2 is 2.21 bits per heavy atom. The van der Waals surface area contributed by atoms with Crippen LogP contribution < -0.4 is 5.73 Å². The van der Waals surface area contributed by atoms with E-state index in [9.17, 15) is 13.6 Å². The molecule has 0 aliphatic carbocycles. The van der Waals surface area contributed by atoms with E-state index in [2.05, 4.69) is 9.72 Å². The van der Waals surface area contributed by atoms with E-state index >= 15 is 0 Å². The standard InChI is InChI=1S/C8H8F2N2O2/c1-14-8(9,10)5-2-3-6(7(11)13)12-4-5/h2-4H,1H3,(H2,11,13). The van der Waals surface area contributed by atoms with Gasteiger partial charge in [-0.25, -0.2) is 0 Å². The number of halogens is 2. The lowest BCUT2D eigenvalue weighted by Gasteiger charge is -2.13. The molecule has 76 valence electrons. The summed E-state index contributed by atoms with van der Waals surface area (Å²) >= 11 is 0.